The van der Waals surface area contributed by atoms with Crippen molar-refractivity contribution < 1.29 is 4.74 Å². The van der Waals surface area contributed by atoms with E-state index in [1.165, 1.54) is 0 Å². The molecule has 0 fully saturated rings. The van der Waals surface area contributed by atoms with Gasteiger partial charge in [0, 0.05) is 12.6 Å². The SMILES string of the molecule is CCOCc1c(Br)cnn1[C@H](C)CC. The Morgan fingerprint density at radius 3 is 2.86 bits per heavy atom. The van der Waals surface area contributed by atoms with Crippen LogP contribution in [0.4, 0.5) is 0 Å². The lowest BCUT2D eigenvalue weighted by molar-refractivity contribution is 0.125. The molecule has 80 valence electrons. The quantitative estimate of drug-likeness (QED) is 0.814. The molecule has 1 atom stereocenters. The number of hydrogen-bond acceptors (Lipinski definition) is 2. The van der Waals surface area contributed by atoms with Gasteiger partial charge in [-0.2, -0.15) is 5.10 Å². The maximum absolute atomic E-state index is 5.40. The predicted molar refractivity (Wildman–Crippen MR) is 60.3 cm³/mol. The average Bonchev–Trinajstić information content (AvgIpc) is 2.56. The maximum Gasteiger partial charge on any atom is 0.0896 e. The van der Waals surface area contributed by atoms with E-state index in [0.717, 1.165) is 23.2 Å². The highest BCUT2D eigenvalue weighted by molar-refractivity contribution is 9.10. The van der Waals surface area contributed by atoms with E-state index in [9.17, 15) is 0 Å². The van der Waals surface area contributed by atoms with Gasteiger partial charge >= 0.3 is 0 Å². The van der Waals surface area contributed by atoms with Crippen molar-refractivity contribution in [1.82, 2.24) is 9.78 Å². The second-order valence-corrected chi connectivity index (χ2v) is 4.13. The summed E-state index contributed by atoms with van der Waals surface area (Å²) in [5.74, 6) is 0. The molecule has 0 aliphatic heterocycles. The van der Waals surface area contributed by atoms with Gasteiger partial charge in [-0.05, 0) is 36.2 Å². The third-order valence-corrected chi connectivity index (χ3v) is 2.96. The smallest absolute Gasteiger partial charge is 0.0896 e. The minimum Gasteiger partial charge on any atom is -0.375 e. The number of hydrogen-bond donors (Lipinski definition) is 0. The number of aromatic nitrogens is 2. The summed E-state index contributed by atoms with van der Waals surface area (Å²) in [6.07, 6.45) is 2.91. The van der Waals surface area contributed by atoms with E-state index in [1.807, 2.05) is 17.8 Å². The minimum absolute atomic E-state index is 0.428. The van der Waals surface area contributed by atoms with E-state index in [2.05, 4.69) is 34.9 Å². The normalized spacial score (nSPS) is 13.1. The molecular weight excluding hydrogens is 244 g/mol. The zero-order chi connectivity index (χ0) is 10.6. The molecule has 1 aromatic heterocycles. The van der Waals surface area contributed by atoms with Crippen LogP contribution in [-0.2, 0) is 11.3 Å². The molecule has 0 spiro atoms. The van der Waals surface area contributed by atoms with Crippen molar-refractivity contribution in [3.8, 4) is 0 Å². The number of ether oxygens (including phenoxy) is 1. The van der Waals surface area contributed by atoms with Crippen molar-refractivity contribution in [2.24, 2.45) is 0 Å². The van der Waals surface area contributed by atoms with Crippen LogP contribution in [0.25, 0.3) is 0 Å². The Morgan fingerprint density at radius 2 is 2.29 bits per heavy atom. The first-order valence-corrected chi connectivity index (χ1v) is 5.79. The summed E-state index contributed by atoms with van der Waals surface area (Å²) in [5.41, 5.74) is 1.13. The zero-order valence-electron chi connectivity index (χ0n) is 8.96. The van der Waals surface area contributed by atoms with Gasteiger partial charge in [-0.1, -0.05) is 6.92 Å². The van der Waals surface area contributed by atoms with E-state index in [1.54, 1.807) is 0 Å². The fraction of sp³-hybridized carbons (Fsp3) is 0.700. The fourth-order valence-corrected chi connectivity index (χ4v) is 1.64. The largest absolute Gasteiger partial charge is 0.375 e. The molecule has 0 aliphatic carbocycles. The Hall–Kier alpha value is -0.350. The highest BCUT2D eigenvalue weighted by Gasteiger charge is 2.12. The summed E-state index contributed by atoms with van der Waals surface area (Å²) < 4.78 is 8.46. The Bertz CT molecular complexity index is 286. The Balaban J connectivity index is 2.82. The molecule has 0 aliphatic rings. The van der Waals surface area contributed by atoms with Crippen LogP contribution in [-0.4, -0.2) is 16.4 Å². The molecule has 1 heterocycles. The van der Waals surface area contributed by atoms with Crippen LogP contribution in [0.1, 0.15) is 38.9 Å². The van der Waals surface area contributed by atoms with Gasteiger partial charge in [0.1, 0.15) is 0 Å². The second-order valence-electron chi connectivity index (χ2n) is 3.28. The molecule has 0 saturated carbocycles. The molecule has 0 bridgehead atoms. The first kappa shape index (κ1) is 11.7. The molecule has 4 heteroatoms. The van der Waals surface area contributed by atoms with Gasteiger partial charge in [0.2, 0.25) is 0 Å². The highest BCUT2D eigenvalue weighted by atomic mass is 79.9. The topological polar surface area (TPSA) is 27.1 Å². The van der Waals surface area contributed by atoms with Crippen molar-refractivity contribution >= 4 is 15.9 Å². The third kappa shape index (κ3) is 2.58. The molecule has 0 N–H and O–H groups in total. The van der Waals surface area contributed by atoms with Gasteiger partial charge in [0.15, 0.2) is 0 Å². The lowest BCUT2D eigenvalue weighted by Crippen LogP contribution is -2.11. The standard InChI is InChI=1S/C10H17BrN2O/c1-4-8(3)13-10(7-14-5-2)9(11)6-12-13/h6,8H,4-5,7H2,1-3H3/t8-/m1/s1. The van der Waals surface area contributed by atoms with Crippen LogP contribution in [0.15, 0.2) is 10.7 Å². The van der Waals surface area contributed by atoms with Gasteiger partial charge in [-0.3, -0.25) is 4.68 Å². The molecule has 14 heavy (non-hydrogen) atoms. The van der Waals surface area contributed by atoms with E-state index >= 15 is 0 Å². The highest BCUT2D eigenvalue weighted by Crippen LogP contribution is 2.21. The van der Waals surface area contributed by atoms with Crippen LogP contribution >= 0.6 is 15.9 Å². The first-order valence-electron chi connectivity index (χ1n) is 5.00. The molecule has 0 radical (unpaired) electrons. The van der Waals surface area contributed by atoms with Crippen LogP contribution in [0, 0.1) is 0 Å². The molecule has 3 nitrogen and oxygen atoms in total. The third-order valence-electron chi connectivity index (χ3n) is 2.30. The summed E-state index contributed by atoms with van der Waals surface area (Å²) in [5, 5.41) is 4.33. The van der Waals surface area contributed by atoms with Gasteiger partial charge in [0.05, 0.1) is 23.0 Å². The molecule has 1 rings (SSSR count). The predicted octanol–water partition coefficient (Wildman–Crippen LogP) is 3.15. The summed E-state index contributed by atoms with van der Waals surface area (Å²) in [6, 6.07) is 0.428. The van der Waals surface area contributed by atoms with Gasteiger partial charge in [-0.15, -0.1) is 0 Å². The first-order chi connectivity index (χ1) is 6.70. The van der Waals surface area contributed by atoms with Crippen LogP contribution < -0.4 is 0 Å². The van der Waals surface area contributed by atoms with Crippen LogP contribution in [0.5, 0.6) is 0 Å². The van der Waals surface area contributed by atoms with Crippen LogP contribution in [0.3, 0.4) is 0 Å². The van der Waals surface area contributed by atoms with Crippen molar-refractivity contribution in [2.75, 3.05) is 6.61 Å². The Kier molecular flexibility index (Phi) is 4.62. The van der Waals surface area contributed by atoms with E-state index in [4.69, 9.17) is 4.74 Å². The summed E-state index contributed by atoms with van der Waals surface area (Å²) in [6.45, 7) is 7.68. The van der Waals surface area contributed by atoms with Crippen molar-refractivity contribution in [1.29, 1.82) is 0 Å². The van der Waals surface area contributed by atoms with Crippen molar-refractivity contribution in [2.45, 2.75) is 39.8 Å². The lowest BCUT2D eigenvalue weighted by atomic mass is 10.2. The molecule has 0 amide bonds. The van der Waals surface area contributed by atoms with E-state index < -0.39 is 0 Å². The molecule has 1 aromatic rings. The Morgan fingerprint density at radius 1 is 1.57 bits per heavy atom. The summed E-state index contributed by atoms with van der Waals surface area (Å²) >= 11 is 3.48. The van der Waals surface area contributed by atoms with Crippen molar-refractivity contribution in [3.05, 3.63) is 16.4 Å². The zero-order valence-corrected chi connectivity index (χ0v) is 10.5. The summed E-state index contributed by atoms with van der Waals surface area (Å²) in [7, 11) is 0. The van der Waals surface area contributed by atoms with Crippen molar-refractivity contribution in [3.63, 3.8) is 0 Å². The molecule has 0 saturated heterocycles. The number of halogens is 1. The van der Waals surface area contributed by atoms with Gasteiger partial charge in [-0.25, -0.2) is 0 Å². The van der Waals surface area contributed by atoms with Gasteiger partial charge in [0.25, 0.3) is 0 Å². The second kappa shape index (κ2) is 5.51. The van der Waals surface area contributed by atoms with E-state index in [0.29, 0.717) is 12.6 Å². The molecule has 0 aromatic carbocycles. The Labute approximate surface area is 93.6 Å². The molecular formula is C10H17BrN2O. The minimum atomic E-state index is 0.428. The monoisotopic (exact) mass is 260 g/mol. The lowest BCUT2D eigenvalue weighted by Gasteiger charge is -2.13. The van der Waals surface area contributed by atoms with Crippen LogP contribution in [0.2, 0.25) is 0 Å². The van der Waals surface area contributed by atoms with Gasteiger partial charge < -0.3 is 4.74 Å². The number of rotatable bonds is 5. The maximum atomic E-state index is 5.40. The fourth-order valence-electron chi connectivity index (χ4n) is 1.25. The molecule has 0 unspecified atom stereocenters. The average molecular weight is 261 g/mol. The number of nitrogens with zero attached hydrogens (tertiary/aromatic N) is 2. The van der Waals surface area contributed by atoms with E-state index in [-0.39, 0.29) is 0 Å². The summed E-state index contributed by atoms with van der Waals surface area (Å²) in [4.78, 5) is 0.